The van der Waals surface area contributed by atoms with Crippen LogP contribution in [0.1, 0.15) is 27.2 Å². The van der Waals surface area contributed by atoms with Crippen molar-refractivity contribution in [2.45, 2.75) is 33.3 Å². The van der Waals surface area contributed by atoms with Crippen LogP contribution in [0.15, 0.2) is 24.3 Å². The van der Waals surface area contributed by atoms with Crippen LogP contribution in [-0.4, -0.2) is 24.3 Å². The van der Waals surface area contributed by atoms with Crippen molar-refractivity contribution in [3.63, 3.8) is 0 Å². The van der Waals surface area contributed by atoms with E-state index in [4.69, 9.17) is 14.6 Å². The average Bonchev–Trinajstić information content (AvgIpc) is 2.27. The minimum Gasteiger partial charge on any atom is -0.497 e. The van der Waals surface area contributed by atoms with Crippen LogP contribution in [-0.2, 0) is 4.79 Å². The highest BCUT2D eigenvalue weighted by molar-refractivity contribution is 5.72. The highest BCUT2D eigenvalue weighted by Gasteiger charge is 2.26. The maximum atomic E-state index is 11.2. The van der Waals surface area contributed by atoms with Crippen LogP contribution in [0, 0.1) is 5.41 Å². The molecule has 1 N–H and O–H groups in total. The number of carboxylic acid groups (broad SMARTS) is 1. The van der Waals surface area contributed by atoms with Crippen molar-refractivity contribution in [2.75, 3.05) is 7.11 Å². The molecule has 100 valence electrons. The normalized spacial score (nSPS) is 12.9. The van der Waals surface area contributed by atoms with Crippen molar-refractivity contribution in [1.82, 2.24) is 0 Å². The Hall–Kier alpha value is -1.71. The Morgan fingerprint density at radius 1 is 1.22 bits per heavy atom. The minimum atomic E-state index is -0.944. The fourth-order valence-electron chi connectivity index (χ4n) is 1.55. The van der Waals surface area contributed by atoms with Crippen LogP contribution in [0.5, 0.6) is 11.5 Å². The van der Waals surface area contributed by atoms with Gasteiger partial charge in [-0.1, -0.05) is 20.8 Å². The molecule has 0 amide bonds. The zero-order chi connectivity index (χ0) is 13.8. The van der Waals surface area contributed by atoms with Crippen molar-refractivity contribution in [2.24, 2.45) is 5.41 Å². The van der Waals surface area contributed by atoms with E-state index < -0.39 is 12.1 Å². The smallest absolute Gasteiger partial charge is 0.344 e. The van der Waals surface area contributed by atoms with Gasteiger partial charge >= 0.3 is 5.97 Å². The molecular formula is C14H20O4. The molecule has 0 fully saturated rings. The molecule has 1 aromatic carbocycles. The van der Waals surface area contributed by atoms with Gasteiger partial charge in [-0.3, -0.25) is 0 Å². The third-order valence-electron chi connectivity index (χ3n) is 2.41. The third-order valence-corrected chi connectivity index (χ3v) is 2.41. The third kappa shape index (κ3) is 4.65. The molecule has 18 heavy (non-hydrogen) atoms. The molecule has 0 radical (unpaired) electrons. The van der Waals surface area contributed by atoms with Gasteiger partial charge in [0.15, 0.2) is 6.10 Å². The van der Waals surface area contributed by atoms with Crippen LogP contribution in [0.3, 0.4) is 0 Å². The Labute approximate surface area is 108 Å². The molecule has 1 aromatic rings. The lowest BCUT2D eigenvalue weighted by atomic mass is 9.89. The molecule has 0 aliphatic heterocycles. The molecule has 0 aromatic heterocycles. The molecule has 0 spiro atoms. The highest BCUT2D eigenvalue weighted by atomic mass is 16.5. The second-order valence-corrected chi connectivity index (χ2v) is 5.39. The van der Waals surface area contributed by atoms with Crippen LogP contribution >= 0.6 is 0 Å². The van der Waals surface area contributed by atoms with Crippen molar-refractivity contribution in [3.8, 4) is 11.5 Å². The van der Waals surface area contributed by atoms with E-state index in [0.717, 1.165) is 0 Å². The predicted molar refractivity (Wildman–Crippen MR) is 69.1 cm³/mol. The Bertz CT molecular complexity index is 389. The zero-order valence-electron chi connectivity index (χ0n) is 11.3. The van der Waals surface area contributed by atoms with Crippen LogP contribution in [0.25, 0.3) is 0 Å². The number of methoxy groups -OCH3 is 1. The molecule has 0 aliphatic carbocycles. The summed E-state index contributed by atoms with van der Waals surface area (Å²) in [5, 5.41) is 9.15. The van der Waals surface area contributed by atoms with E-state index in [2.05, 4.69) is 0 Å². The summed E-state index contributed by atoms with van der Waals surface area (Å²) in [6, 6.07) is 6.89. The first-order valence-electron chi connectivity index (χ1n) is 5.85. The van der Waals surface area contributed by atoms with Gasteiger partial charge < -0.3 is 14.6 Å². The molecule has 4 nitrogen and oxygen atoms in total. The molecular weight excluding hydrogens is 232 g/mol. The molecule has 1 atom stereocenters. The Balaban J connectivity index is 2.74. The molecule has 1 rings (SSSR count). The number of hydrogen-bond acceptors (Lipinski definition) is 3. The van der Waals surface area contributed by atoms with Gasteiger partial charge in [-0.25, -0.2) is 4.79 Å². The van der Waals surface area contributed by atoms with Gasteiger partial charge in [-0.2, -0.15) is 0 Å². The lowest BCUT2D eigenvalue weighted by Gasteiger charge is -2.23. The van der Waals surface area contributed by atoms with E-state index >= 15 is 0 Å². The van der Waals surface area contributed by atoms with Gasteiger partial charge in [-0.05, 0) is 29.7 Å². The molecule has 4 heteroatoms. The number of ether oxygens (including phenoxy) is 2. The maximum Gasteiger partial charge on any atom is 0.344 e. The van der Waals surface area contributed by atoms with E-state index in [0.29, 0.717) is 17.9 Å². The maximum absolute atomic E-state index is 11.2. The molecule has 0 saturated heterocycles. The summed E-state index contributed by atoms with van der Waals surface area (Å²) in [7, 11) is 1.58. The van der Waals surface area contributed by atoms with E-state index in [1.165, 1.54) is 0 Å². The number of carboxylic acids is 1. The van der Waals surface area contributed by atoms with E-state index in [9.17, 15) is 4.79 Å². The molecule has 0 bridgehead atoms. The summed E-state index contributed by atoms with van der Waals surface area (Å²) in [4.78, 5) is 11.2. The first-order valence-corrected chi connectivity index (χ1v) is 5.85. The fourth-order valence-corrected chi connectivity index (χ4v) is 1.55. The number of carbonyl (C=O) groups is 1. The number of rotatable bonds is 5. The van der Waals surface area contributed by atoms with Gasteiger partial charge in [-0.15, -0.1) is 0 Å². The minimum absolute atomic E-state index is 0.102. The second kappa shape index (κ2) is 5.76. The summed E-state index contributed by atoms with van der Waals surface area (Å²) < 4.78 is 10.5. The molecule has 1 unspecified atom stereocenters. The van der Waals surface area contributed by atoms with Crippen molar-refractivity contribution >= 4 is 5.97 Å². The van der Waals surface area contributed by atoms with Crippen molar-refractivity contribution in [1.29, 1.82) is 0 Å². The van der Waals surface area contributed by atoms with Crippen LogP contribution < -0.4 is 9.47 Å². The molecule has 0 heterocycles. The quantitative estimate of drug-likeness (QED) is 0.875. The van der Waals surface area contributed by atoms with E-state index in [1.807, 2.05) is 20.8 Å². The van der Waals surface area contributed by atoms with Crippen LogP contribution in [0.4, 0.5) is 0 Å². The largest absolute Gasteiger partial charge is 0.497 e. The van der Waals surface area contributed by atoms with Gasteiger partial charge in [0.05, 0.1) is 7.11 Å². The van der Waals surface area contributed by atoms with Crippen LogP contribution in [0.2, 0.25) is 0 Å². The Morgan fingerprint density at radius 3 is 2.11 bits per heavy atom. The molecule has 0 saturated carbocycles. The second-order valence-electron chi connectivity index (χ2n) is 5.39. The fraction of sp³-hybridized carbons (Fsp3) is 0.500. The topological polar surface area (TPSA) is 55.8 Å². The van der Waals surface area contributed by atoms with Gasteiger partial charge in [0.2, 0.25) is 0 Å². The lowest BCUT2D eigenvalue weighted by Crippen LogP contribution is -2.31. The first kappa shape index (κ1) is 14.4. The lowest BCUT2D eigenvalue weighted by molar-refractivity contribution is -0.146. The van der Waals surface area contributed by atoms with Crippen molar-refractivity contribution < 1.29 is 19.4 Å². The Kier molecular flexibility index (Phi) is 4.59. The number of aliphatic carboxylic acids is 1. The zero-order valence-corrected chi connectivity index (χ0v) is 11.3. The molecule has 0 aliphatic rings. The number of hydrogen-bond donors (Lipinski definition) is 1. The summed E-state index contributed by atoms with van der Waals surface area (Å²) in [5.74, 6) is 0.304. The highest BCUT2D eigenvalue weighted by Crippen LogP contribution is 2.25. The van der Waals surface area contributed by atoms with E-state index in [1.54, 1.807) is 31.4 Å². The van der Waals surface area contributed by atoms with E-state index in [-0.39, 0.29) is 5.41 Å². The van der Waals surface area contributed by atoms with Gasteiger partial charge in [0.25, 0.3) is 0 Å². The predicted octanol–water partition coefficient (Wildman–Crippen LogP) is 2.96. The van der Waals surface area contributed by atoms with Gasteiger partial charge in [0.1, 0.15) is 11.5 Å². The SMILES string of the molecule is COc1ccc(OC(CC(C)(C)C)C(=O)O)cc1. The van der Waals surface area contributed by atoms with Crippen molar-refractivity contribution in [3.05, 3.63) is 24.3 Å². The summed E-state index contributed by atoms with van der Waals surface area (Å²) in [6.07, 6.45) is -0.382. The average molecular weight is 252 g/mol. The first-order chi connectivity index (χ1) is 8.31. The standard InChI is InChI=1S/C14H20O4/c1-14(2,3)9-12(13(15)16)18-11-7-5-10(17-4)6-8-11/h5-8,12H,9H2,1-4H3,(H,15,16). The summed E-state index contributed by atoms with van der Waals surface area (Å²) in [5.41, 5.74) is -0.102. The number of benzene rings is 1. The van der Waals surface area contributed by atoms with Gasteiger partial charge in [0, 0.05) is 6.42 Å². The Morgan fingerprint density at radius 2 is 1.72 bits per heavy atom. The monoisotopic (exact) mass is 252 g/mol. The summed E-state index contributed by atoms with van der Waals surface area (Å²) in [6.45, 7) is 5.96. The summed E-state index contributed by atoms with van der Waals surface area (Å²) >= 11 is 0.